The number of hydrogen-bond acceptors (Lipinski definition) is 3. The molecule has 0 aliphatic carbocycles. The van der Waals surface area contributed by atoms with Gasteiger partial charge in [0.1, 0.15) is 16.0 Å². The maximum Gasteiger partial charge on any atom is 0.129 e. The Hall–Kier alpha value is -2.11. The minimum Gasteiger partial charge on any atom is -0.341 e. The topological polar surface area (TPSA) is 30.2 Å². The summed E-state index contributed by atoms with van der Waals surface area (Å²) in [5, 5.41) is 1.38. The van der Waals surface area contributed by atoms with E-state index in [1.807, 2.05) is 12.3 Å². The van der Waals surface area contributed by atoms with Gasteiger partial charge in [0.15, 0.2) is 0 Å². The fourth-order valence-corrected chi connectivity index (χ4v) is 3.56. The number of aliphatic imine (C=N–C) groups is 1. The molecule has 24 heavy (non-hydrogen) atoms. The number of nitrogens with zero attached hydrogens (tertiary/aromatic N) is 3. The number of hydrogen-bond donors (Lipinski definition) is 0. The van der Waals surface area contributed by atoms with Gasteiger partial charge in [-0.05, 0) is 36.1 Å². The van der Waals surface area contributed by atoms with Gasteiger partial charge in [-0.2, -0.15) is 0 Å². The van der Waals surface area contributed by atoms with Crippen LogP contribution in [-0.4, -0.2) is 20.9 Å². The summed E-state index contributed by atoms with van der Waals surface area (Å²) in [6.07, 6.45) is 5.78. The van der Waals surface area contributed by atoms with E-state index < -0.39 is 0 Å². The van der Waals surface area contributed by atoms with Crippen molar-refractivity contribution in [2.45, 2.75) is 6.54 Å². The van der Waals surface area contributed by atoms with Crippen LogP contribution in [0.3, 0.4) is 0 Å². The van der Waals surface area contributed by atoms with Crippen molar-refractivity contribution in [3.8, 4) is 11.1 Å². The number of aromatic nitrogens is 2. The van der Waals surface area contributed by atoms with Gasteiger partial charge in [0.05, 0.1) is 17.6 Å². The SMILES string of the molecule is CSC1=Nc2cnc(Cl)cc2Cn2cc(-c3ccc(F)cc3)cc21. The molecule has 0 unspecified atom stereocenters. The predicted molar refractivity (Wildman–Crippen MR) is 97.9 cm³/mol. The van der Waals surface area contributed by atoms with Crippen LogP contribution in [-0.2, 0) is 6.54 Å². The van der Waals surface area contributed by atoms with Crippen LogP contribution < -0.4 is 0 Å². The molecule has 1 aliphatic rings. The molecule has 4 rings (SSSR count). The van der Waals surface area contributed by atoms with Crippen molar-refractivity contribution in [1.29, 1.82) is 0 Å². The van der Waals surface area contributed by atoms with Crippen molar-refractivity contribution in [1.82, 2.24) is 9.55 Å². The van der Waals surface area contributed by atoms with Crippen LogP contribution in [0.1, 0.15) is 11.3 Å². The third-order valence-corrected chi connectivity index (χ3v) is 4.88. The molecule has 0 bridgehead atoms. The molecule has 0 spiro atoms. The summed E-state index contributed by atoms with van der Waals surface area (Å²) in [6.45, 7) is 0.668. The number of rotatable bonds is 1. The van der Waals surface area contributed by atoms with Crippen LogP contribution in [0, 0.1) is 5.82 Å². The molecule has 3 aromatic rings. The van der Waals surface area contributed by atoms with E-state index >= 15 is 0 Å². The Balaban J connectivity index is 1.84. The zero-order chi connectivity index (χ0) is 16.7. The van der Waals surface area contributed by atoms with Gasteiger partial charge in [-0.1, -0.05) is 23.7 Å². The summed E-state index contributed by atoms with van der Waals surface area (Å²) < 4.78 is 15.3. The largest absolute Gasteiger partial charge is 0.341 e. The molecule has 0 radical (unpaired) electrons. The first-order chi connectivity index (χ1) is 11.6. The first-order valence-corrected chi connectivity index (χ1v) is 8.98. The Bertz CT molecular complexity index is 947. The molecule has 1 aliphatic heterocycles. The van der Waals surface area contributed by atoms with Crippen LogP contribution in [0.5, 0.6) is 0 Å². The average Bonchev–Trinajstić information content (AvgIpc) is 2.92. The molecule has 0 atom stereocenters. The molecule has 0 saturated heterocycles. The Labute approximate surface area is 148 Å². The Morgan fingerprint density at radius 1 is 1.17 bits per heavy atom. The van der Waals surface area contributed by atoms with Gasteiger partial charge in [-0.15, -0.1) is 11.8 Å². The zero-order valence-corrected chi connectivity index (χ0v) is 14.4. The van der Waals surface area contributed by atoms with Gasteiger partial charge in [0.25, 0.3) is 0 Å². The van der Waals surface area contributed by atoms with E-state index in [9.17, 15) is 4.39 Å². The molecule has 0 saturated carbocycles. The molecule has 0 amide bonds. The standard InChI is InChI=1S/C18H13ClFN3S/c1-24-18-16-6-12(11-2-4-14(20)5-3-11)9-23(16)10-13-7-17(19)21-8-15(13)22-18/h2-9H,10H2,1H3. The number of pyridine rings is 1. The molecule has 6 heteroatoms. The first kappa shape index (κ1) is 15.4. The van der Waals surface area contributed by atoms with E-state index in [2.05, 4.69) is 21.8 Å². The quantitative estimate of drug-likeness (QED) is 0.564. The molecule has 120 valence electrons. The van der Waals surface area contributed by atoms with Crippen LogP contribution in [0.25, 0.3) is 11.1 Å². The predicted octanol–water partition coefficient (Wildman–Crippen LogP) is 5.15. The van der Waals surface area contributed by atoms with Crippen LogP contribution in [0.15, 0.2) is 53.8 Å². The zero-order valence-electron chi connectivity index (χ0n) is 12.8. The van der Waals surface area contributed by atoms with E-state index in [0.29, 0.717) is 11.7 Å². The molecule has 0 fully saturated rings. The number of thioether (sulfide) groups is 1. The number of fused-ring (bicyclic) bond motifs is 2. The molecule has 3 heterocycles. The molecule has 3 nitrogen and oxygen atoms in total. The van der Waals surface area contributed by atoms with Crippen molar-refractivity contribution in [2.24, 2.45) is 4.99 Å². The van der Waals surface area contributed by atoms with E-state index in [0.717, 1.165) is 33.1 Å². The third-order valence-electron chi connectivity index (χ3n) is 3.98. The highest BCUT2D eigenvalue weighted by atomic mass is 35.5. The Morgan fingerprint density at radius 3 is 2.71 bits per heavy atom. The highest BCUT2D eigenvalue weighted by molar-refractivity contribution is 8.13. The second-order valence-corrected chi connectivity index (χ2v) is 6.69. The summed E-state index contributed by atoms with van der Waals surface area (Å²) >= 11 is 7.62. The summed E-state index contributed by atoms with van der Waals surface area (Å²) in [4.78, 5) is 8.87. The Kier molecular flexibility index (Phi) is 3.90. The maximum absolute atomic E-state index is 13.2. The summed E-state index contributed by atoms with van der Waals surface area (Å²) in [7, 11) is 0. The average molecular weight is 358 g/mol. The van der Waals surface area contributed by atoms with Crippen LogP contribution in [0.2, 0.25) is 5.15 Å². The van der Waals surface area contributed by atoms with Crippen molar-refractivity contribution < 1.29 is 4.39 Å². The van der Waals surface area contributed by atoms with Gasteiger partial charge in [0, 0.05) is 23.9 Å². The van der Waals surface area contributed by atoms with Crippen molar-refractivity contribution >= 4 is 34.1 Å². The smallest absolute Gasteiger partial charge is 0.129 e. The van der Waals surface area contributed by atoms with E-state index in [4.69, 9.17) is 16.6 Å². The van der Waals surface area contributed by atoms with Crippen molar-refractivity contribution in [3.63, 3.8) is 0 Å². The molecule has 1 aromatic carbocycles. The van der Waals surface area contributed by atoms with Gasteiger partial charge >= 0.3 is 0 Å². The van der Waals surface area contributed by atoms with E-state index in [1.54, 1.807) is 30.1 Å². The number of halogens is 2. The molecular formula is C18H13ClFN3S. The van der Waals surface area contributed by atoms with Gasteiger partial charge in [-0.3, -0.25) is 0 Å². The van der Waals surface area contributed by atoms with Crippen molar-refractivity contribution in [2.75, 3.05) is 6.26 Å². The normalized spacial score (nSPS) is 13.0. The number of benzene rings is 1. The highest BCUT2D eigenvalue weighted by Gasteiger charge is 2.18. The fourth-order valence-electron chi connectivity index (χ4n) is 2.81. The molecule has 2 aromatic heterocycles. The van der Waals surface area contributed by atoms with Gasteiger partial charge in [-0.25, -0.2) is 14.4 Å². The molecular weight excluding hydrogens is 345 g/mol. The van der Waals surface area contributed by atoms with Gasteiger partial charge < -0.3 is 4.57 Å². The third kappa shape index (κ3) is 2.74. The minimum atomic E-state index is -0.234. The van der Waals surface area contributed by atoms with Crippen molar-refractivity contribution in [3.05, 3.63) is 71.0 Å². The monoisotopic (exact) mass is 357 g/mol. The highest BCUT2D eigenvalue weighted by Crippen LogP contribution is 2.32. The fraction of sp³-hybridized carbons (Fsp3) is 0.111. The Morgan fingerprint density at radius 2 is 1.96 bits per heavy atom. The lowest BCUT2D eigenvalue weighted by Crippen LogP contribution is -2.04. The van der Waals surface area contributed by atoms with Crippen LogP contribution in [0.4, 0.5) is 10.1 Å². The second kappa shape index (κ2) is 6.07. The van der Waals surface area contributed by atoms with E-state index in [-0.39, 0.29) is 5.82 Å². The molecule has 0 N–H and O–H groups in total. The second-order valence-electron chi connectivity index (χ2n) is 5.51. The van der Waals surface area contributed by atoms with Crippen LogP contribution >= 0.6 is 23.4 Å². The van der Waals surface area contributed by atoms with E-state index in [1.165, 1.54) is 12.1 Å². The van der Waals surface area contributed by atoms with Gasteiger partial charge in [0.2, 0.25) is 0 Å². The maximum atomic E-state index is 13.2. The first-order valence-electron chi connectivity index (χ1n) is 7.37. The minimum absolute atomic E-state index is 0.234. The summed E-state index contributed by atoms with van der Waals surface area (Å²) in [5.41, 5.74) is 4.92. The summed E-state index contributed by atoms with van der Waals surface area (Å²) in [6, 6.07) is 10.5. The summed E-state index contributed by atoms with van der Waals surface area (Å²) in [5.74, 6) is -0.234. The lowest BCUT2D eigenvalue weighted by molar-refractivity contribution is 0.628. The lowest BCUT2D eigenvalue weighted by atomic mass is 10.1. The lowest BCUT2D eigenvalue weighted by Gasteiger charge is -2.06.